The number of rotatable bonds is 0. The summed E-state index contributed by atoms with van der Waals surface area (Å²) < 4.78 is 18.3. The van der Waals surface area contributed by atoms with E-state index in [1.54, 1.807) is 71.8 Å². The van der Waals surface area contributed by atoms with Crippen molar-refractivity contribution in [2.75, 3.05) is 0 Å². The van der Waals surface area contributed by atoms with Gasteiger partial charge in [-0.3, -0.25) is 19.0 Å². The van der Waals surface area contributed by atoms with Gasteiger partial charge in [0.1, 0.15) is 19.0 Å². The minimum atomic E-state index is 1.11. The molecule has 0 aliphatic carbocycles. The summed E-state index contributed by atoms with van der Waals surface area (Å²) in [5, 5.41) is 41.9. The first-order valence-corrected chi connectivity index (χ1v) is 19.4. The Morgan fingerprint density at radius 2 is 1.26 bits per heavy atom. The fourth-order valence-corrected chi connectivity index (χ4v) is 4.04. The molecule has 0 saturated carbocycles. The zero-order valence-electron chi connectivity index (χ0n) is 35.9. The molecule has 324 valence electrons. The summed E-state index contributed by atoms with van der Waals surface area (Å²) in [6.07, 6.45) is 26.6. The average Bonchev–Trinajstić information content (AvgIpc) is 4.08. The molecular formula is C36H53N23S2. The van der Waals surface area contributed by atoms with Gasteiger partial charge >= 0.3 is 0 Å². The molecule has 0 N–H and O–H groups in total. The number of hydrogen-bond acceptors (Lipinski definition) is 18. The van der Waals surface area contributed by atoms with Gasteiger partial charge in [-0.15, -0.1) is 15.0 Å². The summed E-state index contributed by atoms with van der Waals surface area (Å²) in [5.41, 5.74) is 3.57. The van der Waals surface area contributed by atoms with Crippen LogP contribution in [0.15, 0.2) is 141 Å². The minimum Gasteiger partial charge on any atom is -0.357 e. The first kappa shape index (κ1) is 51.5. The Bertz CT molecular complexity index is 1760. The van der Waals surface area contributed by atoms with Gasteiger partial charge in [0.15, 0.2) is 0 Å². The molecule has 10 aromatic rings. The molecule has 0 aromatic carbocycles. The SMILES string of the molecule is Cc1cccnc1.Cc1ccsn1.Cc1cnsc1.Cn1cccc1.Cn1cccn1.Cn1ccnc1.Cn1ccnn1.Cn1cncn1.Cn1cnnn1.Cn1nnnn1. The molecule has 0 atom stereocenters. The highest BCUT2D eigenvalue weighted by molar-refractivity contribution is 7.03. The predicted octanol–water partition coefficient (Wildman–Crippen LogP) is 3.60. The third-order valence-corrected chi connectivity index (χ3v) is 7.22. The Labute approximate surface area is 362 Å². The summed E-state index contributed by atoms with van der Waals surface area (Å²) in [5.74, 6) is 0. The molecule has 23 nitrogen and oxygen atoms in total. The van der Waals surface area contributed by atoms with Gasteiger partial charge < -0.3 is 9.13 Å². The molecule has 10 rings (SSSR count). The van der Waals surface area contributed by atoms with Crippen molar-refractivity contribution < 1.29 is 0 Å². The van der Waals surface area contributed by atoms with Crippen LogP contribution in [0.4, 0.5) is 0 Å². The molecule has 61 heavy (non-hydrogen) atoms. The lowest BCUT2D eigenvalue weighted by Crippen LogP contribution is -1.91. The first-order valence-electron chi connectivity index (χ1n) is 17.8. The number of hydrogen-bond donors (Lipinski definition) is 0. The number of tetrazole rings is 1. The molecule has 0 spiro atoms. The lowest BCUT2D eigenvalue weighted by atomic mass is 10.3. The quantitative estimate of drug-likeness (QED) is 0.211. The van der Waals surface area contributed by atoms with Gasteiger partial charge in [0.05, 0.1) is 25.3 Å². The van der Waals surface area contributed by atoms with Crippen LogP contribution in [0.2, 0.25) is 0 Å². The van der Waals surface area contributed by atoms with Gasteiger partial charge in [0.25, 0.3) is 0 Å². The van der Waals surface area contributed by atoms with E-state index < -0.39 is 0 Å². The molecule has 10 heterocycles. The van der Waals surface area contributed by atoms with Crippen molar-refractivity contribution in [1.29, 1.82) is 0 Å². The van der Waals surface area contributed by atoms with Gasteiger partial charge in [0.2, 0.25) is 0 Å². The van der Waals surface area contributed by atoms with E-state index in [2.05, 4.69) is 80.6 Å². The normalized spacial score (nSPS) is 8.82. The molecule has 0 amide bonds. The standard InChI is InChI=1S/C6H7N.C5H7N.2C4H6N2.2C4H5NS.2C3H5N3.C2H4N4.CH3N5/c1-6-3-2-4-7-5-6;1-6-4-2-3-5-6;1-6-3-2-5-4-6;1-6-4-2-3-5-6;1-4-2-5-6-3-4;1-4-2-3-6-5-4;1-6-3-4-2-5-6;1-6-3-2-4-5-6;1-6-2-3-4-5-6;1-6-4-2-3-5-6/h2-5H,1H3;2-5H,1H3;2*2-4H,1H3;4*2-3H,1H3;2H,1H3;1H3. The molecule has 0 radical (unpaired) electrons. The number of pyridine rings is 1. The molecule has 0 bridgehead atoms. The van der Waals surface area contributed by atoms with Gasteiger partial charge in [0, 0.05) is 115 Å². The van der Waals surface area contributed by atoms with Crippen molar-refractivity contribution in [3.05, 3.63) is 157 Å². The summed E-state index contributed by atoms with van der Waals surface area (Å²) >= 11 is 2.98. The predicted molar refractivity (Wildman–Crippen MR) is 232 cm³/mol. The Kier molecular flexibility index (Phi) is 29.1. The van der Waals surface area contributed by atoms with Crippen molar-refractivity contribution in [2.45, 2.75) is 20.8 Å². The van der Waals surface area contributed by atoms with Crippen molar-refractivity contribution in [3.8, 4) is 0 Å². The molecular weight excluding hydrogens is 819 g/mol. The lowest BCUT2D eigenvalue weighted by Gasteiger charge is -1.82. The van der Waals surface area contributed by atoms with Crippen LogP contribution in [0.3, 0.4) is 0 Å². The summed E-state index contributed by atoms with van der Waals surface area (Å²) in [4.78, 5) is 12.6. The van der Waals surface area contributed by atoms with E-state index in [-0.39, 0.29) is 0 Å². The van der Waals surface area contributed by atoms with E-state index >= 15 is 0 Å². The first-order chi connectivity index (χ1) is 29.4. The van der Waals surface area contributed by atoms with Crippen LogP contribution in [0.25, 0.3) is 0 Å². The van der Waals surface area contributed by atoms with E-state index in [1.807, 2.05) is 149 Å². The van der Waals surface area contributed by atoms with E-state index in [0.29, 0.717) is 0 Å². The van der Waals surface area contributed by atoms with Crippen molar-refractivity contribution >= 4 is 23.1 Å². The van der Waals surface area contributed by atoms with Crippen LogP contribution >= 0.6 is 23.1 Å². The topological polar surface area (TPSA) is 241 Å². The summed E-state index contributed by atoms with van der Waals surface area (Å²) in [6, 6.07) is 11.8. The second-order valence-electron chi connectivity index (χ2n) is 11.6. The fourth-order valence-electron chi connectivity index (χ4n) is 2.98. The van der Waals surface area contributed by atoms with Gasteiger partial charge in [-0.05, 0) is 117 Å². The number of nitrogens with zero attached hydrogens (tertiary/aromatic N) is 23. The maximum Gasteiger partial charge on any atom is 0.137 e. The molecule has 25 heteroatoms. The van der Waals surface area contributed by atoms with Crippen LogP contribution in [-0.2, 0) is 49.3 Å². The lowest BCUT2D eigenvalue weighted by molar-refractivity contribution is 0.622. The van der Waals surface area contributed by atoms with E-state index in [4.69, 9.17) is 0 Å². The largest absolute Gasteiger partial charge is 0.357 e. The highest BCUT2D eigenvalue weighted by atomic mass is 32.1. The second kappa shape index (κ2) is 34.5. The number of aryl methyl sites for hydroxylation is 10. The Hall–Kier alpha value is -7.54. The monoisotopic (exact) mass is 871 g/mol. The highest BCUT2D eigenvalue weighted by Gasteiger charge is 1.78. The molecule has 0 fully saturated rings. The van der Waals surface area contributed by atoms with Crippen molar-refractivity contribution in [3.63, 3.8) is 0 Å². The average molecular weight is 872 g/mol. The Balaban J connectivity index is 0.000000339. The maximum atomic E-state index is 3.96. The third kappa shape index (κ3) is 33.2. The molecule has 0 aliphatic rings. The van der Waals surface area contributed by atoms with Gasteiger partial charge in [-0.2, -0.15) is 14.6 Å². The van der Waals surface area contributed by atoms with E-state index in [0.717, 1.165) is 5.69 Å². The molecule has 0 unspecified atom stereocenters. The summed E-state index contributed by atoms with van der Waals surface area (Å²) in [6.45, 7) is 6.03. The van der Waals surface area contributed by atoms with Crippen LogP contribution in [-0.4, -0.2) is 113 Å². The zero-order valence-corrected chi connectivity index (χ0v) is 37.5. The van der Waals surface area contributed by atoms with Crippen molar-refractivity contribution in [1.82, 2.24) is 113 Å². The minimum absolute atomic E-state index is 1.11. The van der Waals surface area contributed by atoms with Gasteiger partial charge in [-0.25, -0.2) is 19.0 Å². The Morgan fingerprint density at radius 3 is 1.44 bits per heavy atom. The van der Waals surface area contributed by atoms with Crippen molar-refractivity contribution in [2.24, 2.45) is 49.3 Å². The van der Waals surface area contributed by atoms with Gasteiger partial charge in [-0.1, -0.05) is 11.3 Å². The van der Waals surface area contributed by atoms with Crippen LogP contribution in [0.5, 0.6) is 0 Å². The number of imidazole rings is 1. The van der Waals surface area contributed by atoms with E-state index in [9.17, 15) is 0 Å². The second-order valence-corrected chi connectivity index (χ2v) is 12.9. The van der Waals surface area contributed by atoms with Crippen LogP contribution < -0.4 is 0 Å². The third-order valence-electron chi connectivity index (χ3n) is 5.87. The molecule has 0 saturated heterocycles. The van der Waals surface area contributed by atoms with E-state index in [1.165, 1.54) is 56.3 Å². The zero-order chi connectivity index (χ0) is 44.8. The van der Waals surface area contributed by atoms with Crippen LogP contribution in [0, 0.1) is 20.8 Å². The highest BCUT2D eigenvalue weighted by Crippen LogP contribution is 1.96. The van der Waals surface area contributed by atoms with Crippen LogP contribution in [0.1, 0.15) is 16.8 Å². The summed E-state index contributed by atoms with van der Waals surface area (Å²) in [7, 11) is 12.9. The maximum absolute atomic E-state index is 3.96. The number of aromatic nitrogens is 23. The smallest absolute Gasteiger partial charge is 0.137 e. The fraction of sp³-hybridized carbons (Fsp3) is 0.278. The Morgan fingerprint density at radius 1 is 0.492 bits per heavy atom. The molecule has 0 aliphatic heterocycles. The molecule has 10 aromatic heterocycles.